The number of Topliss-reactive ketones (excluding diaryl/α,β-unsaturated/α-hetero) is 1. The molecule has 0 amide bonds. The third-order valence-corrected chi connectivity index (χ3v) is 6.28. The summed E-state index contributed by atoms with van der Waals surface area (Å²) in [6, 6.07) is 6.60. The van der Waals surface area contributed by atoms with E-state index in [9.17, 15) is 14.4 Å². The van der Waals surface area contributed by atoms with Gasteiger partial charge in [0.1, 0.15) is 11.1 Å². The Balaban J connectivity index is 2.43. The van der Waals surface area contributed by atoms with Gasteiger partial charge in [0.2, 0.25) is 11.4 Å². The average molecular weight is 438 g/mol. The largest absolute Gasteiger partial charge is 0.466 e. The van der Waals surface area contributed by atoms with Gasteiger partial charge in [-0.25, -0.2) is 9.59 Å². The zero-order valence-electron chi connectivity index (χ0n) is 16.0. The number of hydrogen-bond acceptors (Lipinski definition) is 10. The zero-order chi connectivity index (χ0) is 21.2. The summed E-state index contributed by atoms with van der Waals surface area (Å²) in [5.41, 5.74) is -2.77. The summed E-state index contributed by atoms with van der Waals surface area (Å²) in [4.78, 5) is 40.0. The molecule has 1 atom stereocenters. The third-order valence-electron chi connectivity index (χ3n) is 4.45. The molecule has 2 aromatic rings. The van der Waals surface area contributed by atoms with Crippen molar-refractivity contribution in [3.05, 3.63) is 55.9 Å². The summed E-state index contributed by atoms with van der Waals surface area (Å²) in [6.45, 7) is 0. The number of rotatable bonds is 7. The predicted molar refractivity (Wildman–Crippen MR) is 104 cm³/mol. The lowest BCUT2D eigenvalue weighted by Crippen LogP contribution is -2.45. The van der Waals surface area contributed by atoms with Gasteiger partial charge in [0.15, 0.2) is 0 Å². The molecular formula is C19H18O8S2. The SMILES string of the molecule is COC(=O)C1=C(C(=O)OC)C(C(=O)c2cccs2)(c2cccs2)OC1(OC)OC. The Morgan fingerprint density at radius 1 is 0.862 bits per heavy atom. The highest BCUT2D eigenvalue weighted by Gasteiger charge is 2.66. The van der Waals surface area contributed by atoms with Crippen LogP contribution in [0, 0.1) is 0 Å². The van der Waals surface area contributed by atoms with Crippen LogP contribution in [0.3, 0.4) is 0 Å². The first-order valence-corrected chi connectivity index (χ1v) is 10.0. The summed E-state index contributed by atoms with van der Waals surface area (Å²) in [6.07, 6.45) is 0. The van der Waals surface area contributed by atoms with Gasteiger partial charge in [0.25, 0.3) is 0 Å². The van der Waals surface area contributed by atoms with Gasteiger partial charge >= 0.3 is 17.9 Å². The lowest BCUT2D eigenvalue weighted by atomic mass is 9.85. The Labute approximate surface area is 174 Å². The van der Waals surface area contributed by atoms with Crippen LogP contribution in [0.25, 0.3) is 0 Å². The molecule has 0 spiro atoms. The van der Waals surface area contributed by atoms with E-state index in [4.69, 9.17) is 23.7 Å². The van der Waals surface area contributed by atoms with E-state index in [1.165, 1.54) is 36.9 Å². The molecule has 1 aliphatic heterocycles. The summed E-state index contributed by atoms with van der Waals surface area (Å²) < 4.78 is 26.6. The van der Waals surface area contributed by atoms with Gasteiger partial charge < -0.3 is 18.9 Å². The molecule has 0 fully saturated rings. The first-order valence-electron chi connectivity index (χ1n) is 8.26. The lowest BCUT2D eigenvalue weighted by Gasteiger charge is -2.33. The number of carbonyl (C=O) groups is 3. The number of methoxy groups -OCH3 is 4. The van der Waals surface area contributed by atoms with E-state index in [2.05, 4.69) is 0 Å². The molecule has 0 radical (unpaired) electrons. The molecular weight excluding hydrogens is 420 g/mol. The van der Waals surface area contributed by atoms with Crippen molar-refractivity contribution in [2.24, 2.45) is 0 Å². The number of carbonyl (C=O) groups excluding carboxylic acids is 3. The molecule has 2 aromatic heterocycles. The quantitative estimate of drug-likeness (QED) is 0.370. The minimum Gasteiger partial charge on any atom is -0.466 e. The minimum absolute atomic E-state index is 0.312. The first-order chi connectivity index (χ1) is 13.9. The highest BCUT2D eigenvalue weighted by molar-refractivity contribution is 7.12. The van der Waals surface area contributed by atoms with Crippen LogP contribution in [0.1, 0.15) is 14.5 Å². The van der Waals surface area contributed by atoms with Crippen LogP contribution in [0.15, 0.2) is 46.2 Å². The van der Waals surface area contributed by atoms with Crippen molar-refractivity contribution in [3.8, 4) is 0 Å². The molecule has 0 N–H and O–H groups in total. The average Bonchev–Trinajstić information content (AvgIpc) is 3.51. The normalized spacial score (nSPS) is 20.6. The van der Waals surface area contributed by atoms with E-state index < -0.39 is 34.9 Å². The smallest absolute Gasteiger partial charge is 0.342 e. The molecule has 0 saturated carbocycles. The predicted octanol–water partition coefficient (Wildman–Crippen LogP) is 2.51. The Morgan fingerprint density at radius 3 is 1.93 bits per heavy atom. The van der Waals surface area contributed by atoms with Crippen LogP contribution in [0.2, 0.25) is 0 Å². The fraction of sp³-hybridized carbons (Fsp3) is 0.316. The summed E-state index contributed by atoms with van der Waals surface area (Å²) in [5.74, 6) is -4.62. The molecule has 0 aromatic carbocycles. The molecule has 3 rings (SSSR count). The van der Waals surface area contributed by atoms with Crippen molar-refractivity contribution < 1.29 is 38.1 Å². The van der Waals surface area contributed by atoms with Gasteiger partial charge in [-0.05, 0) is 22.9 Å². The Morgan fingerprint density at radius 2 is 1.45 bits per heavy atom. The minimum atomic E-state index is -2.16. The van der Waals surface area contributed by atoms with Crippen molar-refractivity contribution in [2.75, 3.05) is 28.4 Å². The number of thiophene rings is 2. The van der Waals surface area contributed by atoms with E-state index in [0.717, 1.165) is 14.2 Å². The molecule has 3 heterocycles. The van der Waals surface area contributed by atoms with E-state index >= 15 is 0 Å². The molecule has 154 valence electrons. The molecule has 1 aliphatic rings. The maximum atomic E-state index is 13.7. The van der Waals surface area contributed by atoms with Gasteiger partial charge in [-0.15, -0.1) is 22.7 Å². The van der Waals surface area contributed by atoms with Crippen LogP contribution >= 0.6 is 22.7 Å². The topological polar surface area (TPSA) is 97.4 Å². The molecule has 0 bridgehead atoms. The Kier molecular flexibility index (Phi) is 6.01. The van der Waals surface area contributed by atoms with Crippen molar-refractivity contribution in [3.63, 3.8) is 0 Å². The number of ether oxygens (including phenoxy) is 5. The number of ketones is 1. The molecule has 10 heteroatoms. The zero-order valence-corrected chi connectivity index (χ0v) is 17.7. The molecule has 0 saturated heterocycles. The van der Waals surface area contributed by atoms with Gasteiger partial charge in [-0.2, -0.15) is 0 Å². The van der Waals surface area contributed by atoms with E-state index in [-0.39, 0.29) is 5.57 Å². The van der Waals surface area contributed by atoms with Crippen LogP contribution in [0.5, 0.6) is 0 Å². The standard InChI is InChI=1S/C19H18O8S2/c1-23-16(21)13-14(17(22)24-2)19(25-3,26-4)27-18(13,12-8-6-10-29-12)15(20)11-7-5-9-28-11/h5-10H,1-4H3. The van der Waals surface area contributed by atoms with Crippen LogP contribution < -0.4 is 0 Å². The lowest BCUT2D eigenvalue weighted by molar-refractivity contribution is -0.347. The maximum absolute atomic E-state index is 13.7. The summed E-state index contributed by atoms with van der Waals surface area (Å²) in [5, 5.41) is 3.43. The van der Waals surface area contributed by atoms with E-state index in [0.29, 0.717) is 9.75 Å². The van der Waals surface area contributed by atoms with Crippen molar-refractivity contribution in [2.45, 2.75) is 11.6 Å². The third kappa shape index (κ3) is 3.13. The second kappa shape index (κ2) is 8.17. The van der Waals surface area contributed by atoms with Gasteiger partial charge in [0.05, 0.1) is 19.1 Å². The Hall–Kier alpha value is -2.37. The highest BCUT2D eigenvalue weighted by Crippen LogP contribution is 2.53. The fourth-order valence-electron chi connectivity index (χ4n) is 3.19. The second-order valence-electron chi connectivity index (χ2n) is 5.76. The van der Waals surface area contributed by atoms with Gasteiger partial charge in [-0.3, -0.25) is 9.53 Å². The van der Waals surface area contributed by atoms with Gasteiger partial charge in [0, 0.05) is 19.1 Å². The number of hydrogen-bond donors (Lipinski definition) is 0. The summed E-state index contributed by atoms with van der Waals surface area (Å²) >= 11 is 2.34. The van der Waals surface area contributed by atoms with Crippen LogP contribution in [-0.2, 0) is 38.9 Å². The molecule has 29 heavy (non-hydrogen) atoms. The molecule has 0 aliphatic carbocycles. The number of esters is 2. The van der Waals surface area contributed by atoms with Gasteiger partial charge in [-0.1, -0.05) is 12.1 Å². The monoisotopic (exact) mass is 438 g/mol. The van der Waals surface area contributed by atoms with Crippen molar-refractivity contribution in [1.82, 2.24) is 0 Å². The second-order valence-corrected chi connectivity index (χ2v) is 7.66. The molecule has 1 unspecified atom stereocenters. The highest BCUT2D eigenvalue weighted by atomic mass is 32.1. The Bertz CT molecular complexity index is 941. The van der Waals surface area contributed by atoms with Crippen LogP contribution in [-0.4, -0.2) is 52.1 Å². The van der Waals surface area contributed by atoms with E-state index in [1.54, 1.807) is 35.0 Å². The maximum Gasteiger partial charge on any atom is 0.342 e. The van der Waals surface area contributed by atoms with Crippen molar-refractivity contribution in [1.29, 1.82) is 0 Å². The first kappa shape index (κ1) is 21.3. The van der Waals surface area contributed by atoms with E-state index in [1.807, 2.05) is 0 Å². The van der Waals surface area contributed by atoms with Crippen LogP contribution in [0.4, 0.5) is 0 Å². The van der Waals surface area contributed by atoms with Crippen molar-refractivity contribution >= 4 is 40.4 Å². The molecule has 8 nitrogen and oxygen atoms in total. The summed E-state index contributed by atoms with van der Waals surface area (Å²) in [7, 11) is 4.72. The fourth-order valence-corrected chi connectivity index (χ4v) is 4.76.